The summed E-state index contributed by atoms with van der Waals surface area (Å²) in [4.78, 5) is 28.6. The second-order valence-corrected chi connectivity index (χ2v) is 7.10. The monoisotopic (exact) mass is 369 g/mol. The van der Waals surface area contributed by atoms with E-state index in [2.05, 4.69) is 10.2 Å². The summed E-state index contributed by atoms with van der Waals surface area (Å²) in [6, 6.07) is 11.5. The van der Waals surface area contributed by atoms with Crippen LogP contribution in [0, 0.1) is 6.92 Å². The zero-order valence-electron chi connectivity index (χ0n) is 16.0. The van der Waals surface area contributed by atoms with E-state index in [-0.39, 0.29) is 24.3 Å². The SMILES string of the molecule is CC(=O)NC(CC(=O)N1CCN(Cc2ccco2)CC1)c1ccc(C)cc1. The van der Waals surface area contributed by atoms with Gasteiger partial charge in [-0.2, -0.15) is 0 Å². The molecule has 6 nitrogen and oxygen atoms in total. The van der Waals surface area contributed by atoms with Crippen molar-refractivity contribution < 1.29 is 14.0 Å². The van der Waals surface area contributed by atoms with Crippen molar-refractivity contribution in [3.63, 3.8) is 0 Å². The van der Waals surface area contributed by atoms with Crippen molar-refractivity contribution in [2.24, 2.45) is 0 Å². The molecule has 2 heterocycles. The van der Waals surface area contributed by atoms with Crippen molar-refractivity contribution in [1.82, 2.24) is 15.1 Å². The van der Waals surface area contributed by atoms with E-state index in [4.69, 9.17) is 4.42 Å². The Bertz CT molecular complexity index is 747. The lowest BCUT2D eigenvalue weighted by Crippen LogP contribution is -2.49. The van der Waals surface area contributed by atoms with Gasteiger partial charge >= 0.3 is 0 Å². The molecule has 3 rings (SSSR count). The van der Waals surface area contributed by atoms with Gasteiger partial charge in [-0.15, -0.1) is 0 Å². The minimum atomic E-state index is -0.295. The maximum atomic E-state index is 12.8. The van der Waals surface area contributed by atoms with Crippen LogP contribution in [-0.4, -0.2) is 47.8 Å². The molecule has 6 heteroatoms. The number of aryl methyl sites for hydroxylation is 1. The van der Waals surface area contributed by atoms with Crippen LogP contribution in [0.4, 0.5) is 0 Å². The van der Waals surface area contributed by atoms with Gasteiger partial charge in [-0.3, -0.25) is 14.5 Å². The van der Waals surface area contributed by atoms with Crippen LogP contribution in [-0.2, 0) is 16.1 Å². The molecule has 1 fully saturated rings. The molecule has 2 amide bonds. The third-order valence-electron chi connectivity index (χ3n) is 4.92. The highest BCUT2D eigenvalue weighted by molar-refractivity contribution is 5.79. The first-order valence-corrected chi connectivity index (χ1v) is 9.37. The number of carbonyl (C=O) groups excluding carboxylic acids is 2. The fourth-order valence-corrected chi connectivity index (χ4v) is 3.38. The van der Waals surface area contributed by atoms with Gasteiger partial charge in [0.1, 0.15) is 5.76 Å². The van der Waals surface area contributed by atoms with Gasteiger partial charge in [0.05, 0.1) is 25.3 Å². The van der Waals surface area contributed by atoms with E-state index in [1.54, 1.807) is 6.26 Å². The Morgan fingerprint density at radius 2 is 1.81 bits per heavy atom. The predicted octanol–water partition coefficient (Wildman–Crippen LogP) is 2.50. The van der Waals surface area contributed by atoms with Gasteiger partial charge in [-0.1, -0.05) is 29.8 Å². The van der Waals surface area contributed by atoms with Gasteiger partial charge in [0.15, 0.2) is 0 Å². The molecule has 0 bridgehead atoms. The number of rotatable bonds is 6. The summed E-state index contributed by atoms with van der Waals surface area (Å²) in [5.41, 5.74) is 2.11. The van der Waals surface area contributed by atoms with E-state index in [1.165, 1.54) is 6.92 Å². The smallest absolute Gasteiger partial charge is 0.225 e. The molecule has 144 valence electrons. The number of hydrogen-bond acceptors (Lipinski definition) is 4. The fraction of sp³-hybridized carbons (Fsp3) is 0.429. The molecule has 1 saturated heterocycles. The van der Waals surface area contributed by atoms with Crippen LogP contribution in [0.15, 0.2) is 47.1 Å². The van der Waals surface area contributed by atoms with Crippen molar-refractivity contribution in [2.75, 3.05) is 26.2 Å². The van der Waals surface area contributed by atoms with Crippen molar-refractivity contribution in [1.29, 1.82) is 0 Å². The minimum Gasteiger partial charge on any atom is -0.468 e. The van der Waals surface area contributed by atoms with Gasteiger partial charge < -0.3 is 14.6 Å². The Kier molecular flexibility index (Phi) is 6.29. The average Bonchev–Trinajstić information content (AvgIpc) is 3.15. The molecular formula is C21H27N3O3. The summed E-state index contributed by atoms with van der Waals surface area (Å²) >= 11 is 0. The average molecular weight is 369 g/mol. The summed E-state index contributed by atoms with van der Waals surface area (Å²) in [6.45, 7) is 7.31. The first-order valence-electron chi connectivity index (χ1n) is 9.37. The van der Waals surface area contributed by atoms with Crippen LogP contribution in [0.2, 0.25) is 0 Å². The van der Waals surface area contributed by atoms with E-state index in [9.17, 15) is 9.59 Å². The quantitative estimate of drug-likeness (QED) is 0.850. The molecule has 0 spiro atoms. The zero-order chi connectivity index (χ0) is 19.2. The number of nitrogens with one attached hydrogen (secondary N) is 1. The Labute approximate surface area is 160 Å². The maximum Gasteiger partial charge on any atom is 0.225 e. The molecule has 1 aliphatic rings. The molecule has 1 N–H and O–H groups in total. The largest absolute Gasteiger partial charge is 0.468 e. The van der Waals surface area contributed by atoms with E-state index in [0.717, 1.165) is 36.5 Å². The molecule has 1 atom stereocenters. The molecule has 0 aliphatic carbocycles. The van der Waals surface area contributed by atoms with Crippen molar-refractivity contribution in [3.05, 3.63) is 59.5 Å². The number of nitrogens with zero attached hydrogens (tertiary/aromatic N) is 2. The van der Waals surface area contributed by atoms with Gasteiger partial charge in [0, 0.05) is 33.1 Å². The Balaban J connectivity index is 1.56. The van der Waals surface area contributed by atoms with Gasteiger partial charge in [0.2, 0.25) is 11.8 Å². The lowest BCUT2D eigenvalue weighted by molar-refractivity contribution is -0.133. The molecule has 1 unspecified atom stereocenters. The molecule has 1 aromatic heterocycles. The lowest BCUT2D eigenvalue weighted by atomic mass is 10.0. The second-order valence-electron chi connectivity index (χ2n) is 7.10. The summed E-state index contributed by atoms with van der Waals surface area (Å²) in [7, 11) is 0. The predicted molar refractivity (Wildman–Crippen MR) is 103 cm³/mol. The fourth-order valence-electron chi connectivity index (χ4n) is 3.38. The molecule has 1 aromatic carbocycles. The molecule has 2 aromatic rings. The summed E-state index contributed by atoms with van der Waals surface area (Å²) < 4.78 is 5.40. The number of hydrogen-bond donors (Lipinski definition) is 1. The topological polar surface area (TPSA) is 65.8 Å². The molecule has 0 radical (unpaired) electrons. The van der Waals surface area contributed by atoms with Crippen LogP contribution >= 0.6 is 0 Å². The normalized spacial score (nSPS) is 16.1. The van der Waals surface area contributed by atoms with E-state index >= 15 is 0 Å². The minimum absolute atomic E-state index is 0.0759. The first-order chi connectivity index (χ1) is 13.0. The highest BCUT2D eigenvalue weighted by atomic mass is 16.3. The Hall–Kier alpha value is -2.60. The van der Waals surface area contributed by atoms with Gasteiger partial charge in [0.25, 0.3) is 0 Å². The van der Waals surface area contributed by atoms with E-state index < -0.39 is 0 Å². The highest BCUT2D eigenvalue weighted by Gasteiger charge is 2.25. The van der Waals surface area contributed by atoms with Crippen molar-refractivity contribution in [2.45, 2.75) is 32.9 Å². The summed E-state index contributed by atoms with van der Waals surface area (Å²) in [6.07, 6.45) is 1.96. The van der Waals surface area contributed by atoms with Gasteiger partial charge in [-0.05, 0) is 24.6 Å². The first kappa shape index (κ1) is 19.2. The van der Waals surface area contributed by atoms with E-state index in [0.29, 0.717) is 13.1 Å². The second kappa shape index (κ2) is 8.86. The maximum absolute atomic E-state index is 12.8. The van der Waals surface area contributed by atoms with Crippen molar-refractivity contribution in [3.8, 4) is 0 Å². The van der Waals surface area contributed by atoms with Crippen LogP contribution < -0.4 is 5.32 Å². The van der Waals surface area contributed by atoms with Gasteiger partial charge in [-0.25, -0.2) is 0 Å². The molecule has 1 aliphatic heterocycles. The molecule has 27 heavy (non-hydrogen) atoms. The highest BCUT2D eigenvalue weighted by Crippen LogP contribution is 2.20. The lowest BCUT2D eigenvalue weighted by Gasteiger charge is -2.35. The van der Waals surface area contributed by atoms with Crippen LogP contribution in [0.5, 0.6) is 0 Å². The number of carbonyl (C=O) groups is 2. The summed E-state index contributed by atoms with van der Waals surface area (Å²) in [5, 5.41) is 2.91. The molecule has 0 saturated carbocycles. The molecular weight excluding hydrogens is 342 g/mol. The third-order valence-corrected chi connectivity index (χ3v) is 4.92. The zero-order valence-corrected chi connectivity index (χ0v) is 16.0. The summed E-state index contributed by atoms with van der Waals surface area (Å²) in [5.74, 6) is 0.892. The Morgan fingerprint density at radius 3 is 2.41 bits per heavy atom. The number of furan rings is 1. The Morgan fingerprint density at radius 1 is 1.11 bits per heavy atom. The van der Waals surface area contributed by atoms with E-state index in [1.807, 2.05) is 48.2 Å². The van der Waals surface area contributed by atoms with Crippen LogP contribution in [0.1, 0.15) is 36.3 Å². The van der Waals surface area contributed by atoms with Crippen molar-refractivity contribution >= 4 is 11.8 Å². The number of piperazine rings is 1. The number of benzene rings is 1. The van der Waals surface area contributed by atoms with Crippen LogP contribution in [0.25, 0.3) is 0 Å². The standard InChI is InChI=1S/C21H27N3O3/c1-16-5-7-18(8-6-16)20(22-17(2)25)14-21(26)24-11-9-23(10-12-24)15-19-4-3-13-27-19/h3-8,13,20H,9-12,14-15H2,1-2H3,(H,22,25). The number of amides is 2. The third kappa shape index (κ3) is 5.44. The van der Waals surface area contributed by atoms with Crippen LogP contribution in [0.3, 0.4) is 0 Å².